The van der Waals surface area contributed by atoms with Gasteiger partial charge in [0.2, 0.25) is 5.89 Å². The molecule has 158 valence electrons. The van der Waals surface area contributed by atoms with Crippen LogP contribution in [0.5, 0.6) is 0 Å². The molecule has 1 aliphatic carbocycles. The predicted octanol–water partition coefficient (Wildman–Crippen LogP) is 4.05. The second-order valence-corrected chi connectivity index (χ2v) is 8.47. The second-order valence-electron chi connectivity index (χ2n) is 8.47. The van der Waals surface area contributed by atoms with E-state index in [0.29, 0.717) is 11.5 Å². The summed E-state index contributed by atoms with van der Waals surface area (Å²) in [6.07, 6.45) is 2.11. The Kier molecular flexibility index (Phi) is 5.88. The minimum Gasteiger partial charge on any atom is -0.436 e. The lowest BCUT2D eigenvalue weighted by molar-refractivity contribution is 0.0600. The Morgan fingerprint density at radius 1 is 1.17 bits per heavy atom. The van der Waals surface area contributed by atoms with Crippen LogP contribution in [-0.2, 0) is 0 Å². The summed E-state index contributed by atoms with van der Waals surface area (Å²) in [5.41, 5.74) is 3.05. The maximum Gasteiger partial charge on any atom is 0.253 e. The minimum absolute atomic E-state index is 0.00364. The van der Waals surface area contributed by atoms with Crippen molar-refractivity contribution >= 4 is 17.0 Å². The minimum atomic E-state index is -0.519. The van der Waals surface area contributed by atoms with Gasteiger partial charge in [-0.15, -0.1) is 0 Å². The molecule has 1 unspecified atom stereocenters. The molecule has 1 amide bonds. The number of nitrogens with zero attached hydrogens (tertiary/aromatic N) is 2. The SMILES string of the molecule is CC(C)NC(O)[C@H]1CC[C@@H](N(C)C(=O)c2ccc(-c3nc4ccccc4o3)cc2)C1. The first-order valence-corrected chi connectivity index (χ1v) is 10.6. The van der Waals surface area contributed by atoms with Crippen molar-refractivity contribution in [3.63, 3.8) is 0 Å². The number of amides is 1. The molecule has 6 nitrogen and oxygen atoms in total. The van der Waals surface area contributed by atoms with Gasteiger partial charge < -0.3 is 14.4 Å². The molecule has 0 spiro atoms. The highest BCUT2D eigenvalue weighted by atomic mass is 16.3. The molecule has 0 radical (unpaired) electrons. The predicted molar refractivity (Wildman–Crippen MR) is 117 cm³/mol. The number of hydrogen-bond acceptors (Lipinski definition) is 5. The maximum absolute atomic E-state index is 13.0. The molecule has 3 aromatic rings. The highest BCUT2D eigenvalue weighted by Crippen LogP contribution is 2.32. The summed E-state index contributed by atoms with van der Waals surface area (Å²) in [6, 6.07) is 15.4. The molecule has 2 aromatic carbocycles. The van der Waals surface area contributed by atoms with E-state index in [2.05, 4.69) is 10.3 Å². The first-order valence-electron chi connectivity index (χ1n) is 10.6. The molecule has 0 aliphatic heterocycles. The summed E-state index contributed by atoms with van der Waals surface area (Å²) in [6.45, 7) is 4.05. The number of carbonyl (C=O) groups excluding carboxylic acids is 1. The molecule has 6 heteroatoms. The number of nitrogens with one attached hydrogen (secondary N) is 1. The Labute approximate surface area is 176 Å². The normalized spacial score (nSPS) is 20.0. The molecular formula is C24H29N3O3. The van der Waals surface area contributed by atoms with Gasteiger partial charge in [-0.3, -0.25) is 10.1 Å². The quantitative estimate of drug-likeness (QED) is 0.603. The summed E-state index contributed by atoms with van der Waals surface area (Å²) >= 11 is 0. The van der Waals surface area contributed by atoms with Gasteiger partial charge in [-0.25, -0.2) is 4.98 Å². The summed E-state index contributed by atoms with van der Waals surface area (Å²) < 4.78 is 5.81. The molecule has 1 aliphatic rings. The Bertz CT molecular complexity index is 979. The number of oxazole rings is 1. The molecule has 4 rings (SSSR count). The average molecular weight is 408 g/mol. The number of hydrogen-bond donors (Lipinski definition) is 2. The van der Waals surface area contributed by atoms with Crippen LogP contribution in [0.15, 0.2) is 52.9 Å². The largest absolute Gasteiger partial charge is 0.436 e. The van der Waals surface area contributed by atoms with E-state index in [0.717, 1.165) is 35.9 Å². The van der Waals surface area contributed by atoms with Crippen molar-refractivity contribution in [3.8, 4) is 11.5 Å². The number of fused-ring (bicyclic) bond motifs is 1. The first kappa shape index (κ1) is 20.6. The fraction of sp³-hybridized carbons (Fsp3) is 0.417. The number of carbonyl (C=O) groups is 1. The molecule has 1 heterocycles. The number of aliphatic hydroxyl groups excluding tert-OH is 1. The van der Waals surface area contributed by atoms with Crippen molar-refractivity contribution in [1.82, 2.24) is 15.2 Å². The summed E-state index contributed by atoms with van der Waals surface area (Å²) in [4.78, 5) is 19.3. The topological polar surface area (TPSA) is 78.6 Å². The third-order valence-electron chi connectivity index (χ3n) is 5.94. The second kappa shape index (κ2) is 8.58. The fourth-order valence-electron chi connectivity index (χ4n) is 4.23. The lowest BCUT2D eigenvalue weighted by atomic mass is 10.0. The third kappa shape index (κ3) is 4.25. The Balaban J connectivity index is 1.42. The highest BCUT2D eigenvalue weighted by molar-refractivity contribution is 5.94. The summed E-state index contributed by atoms with van der Waals surface area (Å²) in [5.74, 6) is 0.721. The molecule has 1 fully saturated rings. The van der Waals surface area contributed by atoms with Gasteiger partial charge >= 0.3 is 0 Å². The Morgan fingerprint density at radius 3 is 2.60 bits per heavy atom. The van der Waals surface area contributed by atoms with E-state index in [1.165, 1.54) is 0 Å². The number of aliphatic hydroxyl groups is 1. The molecule has 1 aromatic heterocycles. The van der Waals surface area contributed by atoms with Gasteiger partial charge in [-0.05, 0) is 69.5 Å². The zero-order valence-electron chi connectivity index (χ0n) is 17.7. The maximum atomic E-state index is 13.0. The lowest BCUT2D eigenvalue weighted by Gasteiger charge is -2.26. The molecule has 0 saturated heterocycles. The zero-order chi connectivity index (χ0) is 21.3. The first-order chi connectivity index (χ1) is 14.4. The van der Waals surface area contributed by atoms with Gasteiger partial charge in [-0.2, -0.15) is 0 Å². The van der Waals surface area contributed by atoms with E-state index in [-0.39, 0.29) is 23.9 Å². The molecular weight excluding hydrogens is 378 g/mol. The molecule has 3 atom stereocenters. The summed E-state index contributed by atoms with van der Waals surface area (Å²) in [7, 11) is 1.85. The van der Waals surface area contributed by atoms with E-state index in [1.54, 1.807) is 0 Å². The third-order valence-corrected chi connectivity index (χ3v) is 5.94. The zero-order valence-corrected chi connectivity index (χ0v) is 17.7. The monoisotopic (exact) mass is 407 g/mol. The van der Waals surface area contributed by atoms with Crippen molar-refractivity contribution in [2.75, 3.05) is 7.05 Å². The molecule has 2 N–H and O–H groups in total. The number of aromatic nitrogens is 1. The van der Waals surface area contributed by atoms with Gasteiger partial charge in [0.05, 0.1) is 0 Å². The van der Waals surface area contributed by atoms with Gasteiger partial charge in [0.1, 0.15) is 11.7 Å². The molecule has 30 heavy (non-hydrogen) atoms. The lowest BCUT2D eigenvalue weighted by Crippen LogP contribution is -2.41. The van der Waals surface area contributed by atoms with Crippen LogP contribution in [0, 0.1) is 5.92 Å². The van der Waals surface area contributed by atoms with Crippen molar-refractivity contribution in [2.45, 2.75) is 51.4 Å². The van der Waals surface area contributed by atoms with E-state index in [1.807, 2.05) is 74.3 Å². The van der Waals surface area contributed by atoms with E-state index in [9.17, 15) is 9.90 Å². The number of benzene rings is 2. The van der Waals surface area contributed by atoms with Gasteiger partial charge in [0, 0.05) is 36.2 Å². The van der Waals surface area contributed by atoms with Gasteiger partial charge in [0.25, 0.3) is 5.91 Å². The standard InChI is InChI=1S/C24H29N3O3/c1-15(2)25-22(28)18-12-13-19(14-18)27(3)24(29)17-10-8-16(9-11-17)23-26-20-6-4-5-7-21(20)30-23/h4-11,15,18-19,22,25,28H,12-14H2,1-3H3/t18-,19+,22?/m0/s1. The van der Waals surface area contributed by atoms with E-state index in [4.69, 9.17) is 4.42 Å². The van der Waals surface area contributed by atoms with Crippen LogP contribution in [-0.4, -0.2) is 46.3 Å². The van der Waals surface area contributed by atoms with Crippen molar-refractivity contribution < 1.29 is 14.3 Å². The van der Waals surface area contributed by atoms with Crippen LogP contribution in [0.1, 0.15) is 43.5 Å². The van der Waals surface area contributed by atoms with Crippen LogP contribution < -0.4 is 5.32 Å². The smallest absolute Gasteiger partial charge is 0.253 e. The number of rotatable bonds is 6. The average Bonchev–Trinajstić information content (AvgIpc) is 3.39. The van der Waals surface area contributed by atoms with Crippen LogP contribution in [0.25, 0.3) is 22.6 Å². The van der Waals surface area contributed by atoms with Crippen LogP contribution in [0.3, 0.4) is 0 Å². The van der Waals surface area contributed by atoms with Gasteiger partial charge in [-0.1, -0.05) is 12.1 Å². The molecule has 1 saturated carbocycles. The van der Waals surface area contributed by atoms with Crippen LogP contribution in [0.4, 0.5) is 0 Å². The van der Waals surface area contributed by atoms with Gasteiger partial charge in [0.15, 0.2) is 5.58 Å². The molecule has 0 bridgehead atoms. The van der Waals surface area contributed by atoms with Crippen LogP contribution in [0.2, 0.25) is 0 Å². The van der Waals surface area contributed by atoms with E-state index >= 15 is 0 Å². The number of para-hydroxylation sites is 2. The van der Waals surface area contributed by atoms with Crippen molar-refractivity contribution in [1.29, 1.82) is 0 Å². The Morgan fingerprint density at radius 2 is 1.90 bits per heavy atom. The Hall–Kier alpha value is -2.70. The van der Waals surface area contributed by atoms with E-state index < -0.39 is 6.23 Å². The summed E-state index contributed by atoms with van der Waals surface area (Å²) in [5, 5.41) is 13.5. The van der Waals surface area contributed by atoms with Crippen molar-refractivity contribution in [2.24, 2.45) is 5.92 Å². The fourth-order valence-corrected chi connectivity index (χ4v) is 4.23. The van der Waals surface area contributed by atoms with Crippen LogP contribution >= 0.6 is 0 Å². The van der Waals surface area contributed by atoms with Crippen molar-refractivity contribution in [3.05, 3.63) is 54.1 Å². The highest BCUT2D eigenvalue weighted by Gasteiger charge is 2.34.